The van der Waals surface area contributed by atoms with Gasteiger partial charge in [0.05, 0.1) is 17.2 Å². The van der Waals surface area contributed by atoms with Gasteiger partial charge in [-0.25, -0.2) is 4.79 Å². The first-order valence-electron chi connectivity index (χ1n) is 11.3. The fraction of sp³-hybridized carbons (Fsp3) is 0.250. The molecule has 3 aromatic carbocycles. The summed E-state index contributed by atoms with van der Waals surface area (Å²) in [5.74, 6) is -1.07. The molecule has 1 aliphatic rings. The molecule has 0 radical (unpaired) electrons. The Labute approximate surface area is 230 Å². The number of halogens is 4. The highest BCUT2D eigenvalue weighted by Crippen LogP contribution is 2.54. The number of hydrogen-bond acceptors (Lipinski definition) is 3. The average molecular weight is 566 g/mol. The molecule has 0 aromatic heterocycles. The van der Waals surface area contributed by atoms with Gasteiger partial charge < -0.3 is 14.6 Å². The third-order valence-corrected chi connectivity index (χ3v) is 7.31. The van der Waals surface area contributed by atoms with Gasteiger partial charge in [-0.15, -0.1) is 0 Å². The van der Waals surface area contributed by atoms with Gasteiger partial charge in [0, 0.05) is 32.5 Å². The molecule has 0 saturated carbocycles. The third-order valence-electron chi connectivity index (χ3n) is 6.32. The van der Waals surface area contributed by atoms with Crippen LogP contribution in [0.2, 0.25) is 20.1 Å². The van der Waals surface area contributed by atoms with E-state index in [0.29, 0.717) is 27.1 Å². The largest absolute Gasteiger partial charge is 0.480 e. The number of benzene rings is 3. The monoisotopic (exact) mass is 564 g/mol. The minimum atomic E-state index is -1.12. The summed E-state index contributed by atoms with van der Waals surface area (Å²) in [6.07, 6.45) is -0.221. The van der Waals surface area contributed by atoms with E-state index in [1.807, 2.05) is 55.5 Å². The van der Waals surface area contributed by atoms with Crippen LogP contribution in [0.5, 0.6) is 5.75 Å². The molecule has 36 heavy (non-hydrogen) atoms. The average Bonchev–Trinajstić information content (AvgIpc) is 2.82. The van der Waals surface area contributed by atoms with Gasteiger partial charge in [-0.2, -0.15) is 0 Å². The lowest BCUT2D eigenvalue weighted by Gasteiger charge is -2.43. The van der Waals surface area contributed by atoms with Crippen LogP contribution >= 0.6 is 46.4 Å². The summed E-state index contributed by atoms with van der Waals surface area (Å²) in [5, 5.41) is 11.1. The predicted octanol–water partition coefficient (Wildman–Crippen LogP) is 8.94. The molecule has 1 heterocycles. The Morgan fingerprint density at radius 3 is 2.33 bits per heavy atom. The molecule has 1 saturated heterocycles. The summed E-state index contributed by atoms with van der Waals surface area (Å²) in [6.45, 7) is 5.63. The Morgan fingerprint density at radius 2 is 1.69 bits per heavy atom. The molecule has 8 heteroatoms. The first-order chi connectivity index (χ1) is 17.1. The molecular formula is C28H24Cl4O4. The number of ether oxygens (including phenoxy) is 2. The molecule has 1 aliphatic heterocycles. The fourth-order valence-corrected chi connectivity index (χ4v) is 5.60. The molecular weight excluding hydrogens is 542 g/mol. The second-order valence-corrected chi connectivity index (χ2v) is 10.6. The molecule has 0 bridgehead atoms. The number of aliphatic carboxylic acids is 1. The molecule has 0 aliphatic carbocycles. The van der Waals surface area contributed by atoms with Gasteiger partial charge in [-0.3, -0.25) is 0 Å². The maximum atomic E-state index is 11.2. The van der Waals surface area contributed by atoms with Crippen molar-refractivity contribution < 1.29 is 19.4 Å². The van der Waals surface area contributed by atoms with E-state index in [0.717, 1.165) is 16.7 Å². The van der Waals surface area contributed by atoms with Crippen LogP contribution in [0.25, 0.3) is 0 Å². The molecule has 4 rings (SSSR count). The van der Waals surface area contributed by atoms with E-state index in [2.05, 4.69) is 6.58 Å². The van der Waals surface area contributed by atoms with Crippen molar-refractivity contribution in [3.05, 3.63) is 110 Å². The Balaban J connectivity index is 1.84. The van der Waals surface area contributed by atoms with Crippen LogP contribution in [-0.2, 0) is 9.53 Å². The van der Waals surface area contributed by atoms with E-state index < -0.39 is 18.7 Å². The molecule has 188 valence electrons. The van der Waals surface area contributed by atoms with Gasteiger partial charge in [0.1, 0.15) is 5.75 Å². The maximum Gasteiger partial charge on any atom is 0.341 e. The van der Waals surface area contributed by atoms with Crippen LogP contribution in [0, 0.1) is 5.92 Å². The molecule has 1 fully saturated rings. The minimum Gasteiger partial charge on any atom is -0.480 e. The summed E-state index contributed by atoms with van der Waals surface area (Å²) in [7, 11) is 0. The Hall–Kier alpha value is -2.21. The second-order valence-electron chi connectivity index (χ2n) is 8.87. The van der Waals surface area contributed by atoms with Crippen molar-refractivity contribution in [1.82, 2.24) is 0 Å². The van der Waals surface area contributed by atoms with Gasteiger partial charge in [-0.1, -0.05) is 82.8 Å². The van der Waals surface area contributed by atoms with Crippen molar-refractivity contribution >= 4 is 52.4 Å². The van der Waals surface area contributed by atoms with Crippen LogP contribution < -0.4 is 4.74 Å². The first kappa shape index (κ1) is 26.8. The number of carboxylic acid groups (broad SMARTS) is 1. The van der Waals surface area contributed by atoms with E-state index in [1.165, 1.54) is 6.07 Å². The molecule has 3 aromatic rings. The number of hydrogen-bond donors (Lipinski definition) is 1. The summed E-state index contributed by atoms with van der Waals surface area (Å²) < 4.78 is 12.5. The minimum absolute atomic E-state index is 0.0409. The Bertz CT molecular complexity index is 1280. The highest BCUT2D eigenvalue weighted by molar-refractivity contribution is 6.35. The lowest BCUT2D eigenvalue weighted by molar-refractivity contribution is -0.139. The smallest absolute Gasteiger partial charge is 0.341 e. The summed E-state index contributed by atoms with van der Waals surface area (Å²) in [4.78, 5) is 11.2. The third kappa shape index (κ3) is 6.01. The van der Waals surface area contributed by atoms with Gasteiger partial charge in [0.25, 0.3) is 0 Å². The fourth-order valence-electron chi connectivity index (χ4n) is 4.71. The van der Waals surface area contributed by atoms with Crippen LogP contribution in [0.15, 0.2) is 72.8 Å². The summed E-state index contributed by atoms with van der Waals surface area (Å²) >= 11 is 25.4. The van der Waals surface area contributed by atoms with Crippen molar-refractivity contribution in [3.8, 4) is 5.75 Å². The molecule has 0 amide bonds. The highest BCUT2D eigenvalue weighted by Gasteiger charge is 2.42. The van der Waals surface area contributed by atoms with Gasteiger partial charge >= 0.3 is 5.97 Å². The topological polar surface area (TPSA) is 55.8 Å². The lowest BCUT2D eigenvalue weighted by atomic mass is 9.74. The molecule has 4 nitrogen and oxygen atoms in total. The molecule has 0 unspecified atom stereocenters. The summed E-state index contributed by atoms with van der Waals surface area (Å²) in [6, 6.07) is 18.5. The van der Waals surface area contributed by atoms with Crippen LogP contribution in [0.1, 0.15) is 48.2 Å². The number of carbonyl (C=O) groups is 1. The van der Waals surface area contributed by atoms with Crippen molar-refractivity contribution in [1.29, 1.82) is 0 Å². The zero-order chi connectivity index (χ0) is 26.0. The van der Waals surface area contributed by atoms with E-state index in [9.17, 15) is 9.90 Å². The Morgan fingerprint density at radius 1 is 0.972 bits per heavy atom. The molecule has 4 atom stereocenters. The first-order valence-corrected chi connectivity index (χ1v) is 12.8. The maximum absolute atomic E-state index is 11.2. The van der Waals surface area contributed by atoms with Gasteiger partial charge in [0.15, 0.2) is 6.61 Å². The van der Waals surface area contributed by atoms with Gasteiger partial charge in [0.2, 0.25) is 0 Å². The van der Waals surface area contributed by atoms with Crippen molar-refractivity contribution in [3.63, 3.8) is 0 Å². The van der Waals surface area contributed by atoms with Crippen molar-refractivity contribution in [2.75, 3.05) is 6.61 Å². The molecule has 0 spiro atoms. The lowest BCUT2D eigenvalue weighted by Crippen LogP contribution is -2.32. The number of rotatable bonds is 7. The van der Waals surface area contributed by atoms with Crippen LogP contribution in [-0.4, -0.2) is 17.7 Å². The second kappa shape index (κ2) is 11.5. The van der Waals surface area contributed by atoms with E-state index >= 15 is 0 Å². The summed E-state index contributed by atoms with van der Waals surface area (Å²) in [5.41, 5.74) is 3.46. The zero-order valence-corrected chi connectivity index (χ0v) is 22.4. The van der Waals surface area contributed by atoms with Gasteiger partial charge in [-0.05, 0) is 60.9 Å². The predicted molar refractivity (Wildman–Crippen MR) is 145 cm³/mol. The van der Waals surface area contributed by atoms with E-state index in [-0.39, 0.29) is 28.7 Å². The SMILES string of the molecule is C=C(C)[C@H]1C[C@H](c2cccc(Cl)c2)[C@H](c2ccc(Cl)cc2)O[C@@H]1c1cc(Cl)cc(Cl)c1OCC(=O)O. The van der Waals surface area contributed by atoms with E-state index in [4.69, 9.17) is 55.9 Å². The Kier molecular flexibility index (Phi) is 8.54. The van der Waals surface area contributed by atoms with Crippen molar-refractivity contribution in [2.24, 2.45) is 5.92 Å². The van der Waals surface area contributed by atoms with Crippen molar-refractivity contribution in [2.45, 2.75) is 31.5 Å². The highest BCUT2D eigenvalue weighted by atomic mass is 35.5. The normalized spacial score (nSPS) is 21.7. The van der Waals surface area contributed by atoms with Crippen LogP contribution in [0.4, 0.5) is 0 Å². The standard InChI is InChI=1S/C28H24Cl4O4/c1-15(2)21-13-22(17-4-3-5-19(30)10-17)26(16-6-8-18(29)9-7-16)36-27(21)23-11-20(31)12-24(32)28(23)35-14-25(33)34/h3-12,21-22,26-27H,1,13-14H2,2H3,(H,33,34)/t21-,22-,26+,27+/m1/s1. The zero-order valence-electron chi connectivity index (χ0n) is 19.4. The number of carboxylic acids is 1. The van der Waals surface area contributed by atoms with Crippen LogP contribution in [0.3, 0.4) is 0 Å². The van der Waals surface area contributed by atoms with E-state index in [1.54, 1.807) is 6.07 Å². The quantitative estimate of drug-likeness (QED) is 0.290. The molecule has 1 N–H and O–H groups in total.